The second kappa shape index (κ2) is 5.76. The van der Waals surface area contributed by atoms with Crippen molar-refractivity contribution in [3.8, 4) is 5.75 Å². The van der Waals surface area contributed by atoms with Gasteiger partial charge in [-0.05, 0) is 25.5 Å². The predicted octanol–water partition coefficient (Wildman–Crippen LogP) is 1.75. The second-order valence-electron chi connectivity index (χ2n) is 4.49. The largest absolute Gasteiger partial charge is 0.492 e. The van der Waals surface area contributed by atoms with Crippen molar-refractivity contribution in [2.24, 2.45) is 0 Å². The minimum absolute atomic E-state index is 0.166. The molecular weight excluding hydrogens is 228 g/mol. The molecule has 1 aliphatic rings. The number of hydrogen-bond acceptors (Lipinski definition) is 3. The zero-order valence-electron chi connectivity index (χ0n) is 11.1. The first-order valence-corrected chi connectivity index (χ1v) is 6.43. The molecular formula is C14H20N2O2. The molecule has 2 rings (SSSR count). The maximum Gasteiger partial charge on any atom is 0.241 e. The summed E-state index contributed by atoms with van der Waals surface area (Å²) in [6.45, 7) is 4.75. The van der Waals surface area contributed by atoms with Crippen molar-refractivity contribution in [2.75, 3.05) is 38.2 Å². The number of benzene rings is 1. The molecule has 0 saturated carbocycles. The van der Waals surface area contributed by atoms with Gasteiger partial charge in [-0.2, -0.15) is 0 Å². The maximum absolute atomic E-state index is 11.9. The Bertz CT molecular complexity index is 420. The third kappa shape index (κ3) is 2.75. The predicted molar refractivity (Wildman–Crippen MR) is 72.1 cm³/mol. The monoisotopic (exact) mass is 248 g/mol. The van der Waals surface area contributed by atoms with E-state index in [0.717, 1.165) is 30.9 Å². The van der Waals surface area contributed by atoms with Gasteiger partial charge in [0.1, 0.15) is 5.75 Å². The van der Waals surface area contributed by atoms with Crippen LogP contribution in [0, 0.1) is 0 Å². The molecule has 1 aromatic carbocycles. The maximum atomic E-state index is 11.9. The summed E-state index contributed by atoms with van der Waals surface area (Å²) in [7, 11) is 1.86. The van der Waals surface area contributed by atoms with Gasteiger partial charge >= 0.3 is 0 Å². The average Bonchev–Trinajstić information content (AvgIpc) is 2.53. The molecule has 4 heteroatoms. The summed E-state index contributed by atoms with van der Waals surface area (Å²) in [6.07, 6.45) is 0.989. The zero-order chi connectivity index (χ0) is 13.0. The molecule has 0 aromatic heterocycles. The average molecular weight is 248 g/mol. The summed E-state index contributed by atoms with van der Waals surface area (Å²) in [6, 6.07) is 7.92. The van der Waals surface area contributed by atoms with Crippen molar-refractivity contribution in [1.29, 1.82) is 0 Å². The van der Waals surface area contributed by atoms with E-state index in [2.05, 4.69) is 4.90 Å². The van der Waals surface area contributed by atoms with Crippen LogP contribution in [-0.4, -0.2) is 44.1 Å². The van der Waals surface area contributed by atoms with Crippen LogP contribution >= 0.6 is 0 Å². The summed E-state index contributed by atoms with van der Waals surface area (Å²) in [4.78, 5) is 15.8. The molecule has 1 amide bonds. The van der Waals surface area contributed by atoms with Gasteiger partial charge in [-0.15, -0.1) is 0 Å². The van der Waals surface area contributed by atoms with E-state index in [1.807, 2.05) is 38.2 Å². The number of carbonyl (C=O) groups excluding carboxylic acids is 1. The SMILES string of the molecule is CCOc1ccccc1N1CCCN(C)C(=O)C1. The zero-order valence-corrected chi connectivity index (χ0v) is 11.1. The quantitative estimate of drug-likeness (QED) is 0.817. The highest BCUT2D eigenvalue weighted by molar-refractivity contribution is 5.82. The Labute approximate surface area is 108 Å². The van der Waals surface area contributed by atoms with Gasteiger partial charge in [-0.25, -0.2) is 0 Å². The van der Waals surface area contributed by atoms with Crippen LogP contribution in [0.15, 0.2) is 24.3 Å². The van der Waals surface area contributed by atoms with Crippen LogP contribution in [0.25, 0.3) is 0 Å². The van der Waals surface area contributed by atoms with Crippen molar-refractivity contribution in [3.63, 3.8) is 0 Å². The van der Waals surface area contributed by atoms with Gasteiger partial charge in [0.15, 0.2) is 0 Å². The van der Waals surface area contributed by atoms with Crippen LogP contribution in [0.1, 0.15) is 13.3 Å². The first-order valence-electron chi connectivity index (χ1n) is 6.43. The highest BCUT2D eigenvalue weighted by atomic mass is 16.5. The number of amides is 1. The molecule has 4 nitrogen and oxygen atoms in total. The van der Waals surface area contributed by atoms with E-state index in [0.29, 0.717) is 13.2 Å². The Morgan fingerprint density at radius 1 is 1.28 bits per heavy atom. The fraction of sp³-hybridized carbons (Fsp3) is 0.500. The Morgan fingerprint density at radius 3 is 2.83 bits per heavy atom. The number of likely N-dealkylation sites (N-methyl/N-ethyl adjacent to an activating group) is 1. The Balaban J connectivity index is 2.22. The third-order valence-electron chi connectivity index (χ3n) is 3.18. The minimum atomic E-state index is 0.166. The standard InChI is InChI=1S/C14H20N2O2/c1-3-18-13-8-5-4-7-12(13)16-10-6-9-15(2)14(17)11-16/h4-5,7-8H,3,6,9-11H2,1-2H3. The first kappa shape index (κ1) is 12.7. The van der Waals surface area contributed by atoms with Crippen LogP contribution in [0.5, 0.6) is 5.75 Å². The fourth-order valence-electron chi connectivity index (χ4n) is 2.19. The lowest BCUT2D eigenvalue weighted by Gasteiger charge is -2.24. The molecule has 0 unspecified atom stereocenters. The molecule has 1 heterocycles. The number of para-hydroxylation sites is 2. The summed E-state index contributed by atoms with van der Waals surface area (Å²) in [5, 5.41) is 0. The Kier molecular flexibility index (Phi) is 4.07. The van der Waals surface area contributed by atoms with E-state index >= 15 is 0 Å². The number of rotatable bonds is 3. The highest BCUT2D eigenvalue weighted by Gasteiger charge is 2.21. The molecule has 1 aliphatic heterocycles. The molecule has 0 spiro atoms. The van der Waals surface area contributed by atoms with Gasteiger partial charge in [0.25, 0.3) is 0 Å². The molecule has 18 heavy (non-hydrogen) atoms. The second-order valence-corrected chi connectivity index (χ2v) is 4.49. The number of hydrogen-bond donors (Lipinski definition) is 0. The summed E-state index contributed by atoms with van der Waals surface area (Å²) < 4.78 is 5.63. The van der Waals surface area contributed by atoms with E-state index in [1.54, 1.807) is 4.90 Å². The normalized spacial score (nSPS) is 16.7. The lowest BCUT2D eigenvalue weighted by molar-refractivity contribution is -0.127. The number of nitrogens with zero attached hydrogens (tertiary/aromatic N) is 2. The molecule has 0 atom stereocenters. The number of ether oxygens (including phenoxy) is 1. The van der Waals surface area contributed by atoms with Crippen molar-refractivity contribution in [2.45, 2.75) is 13.3 Å². The Hall–Kier alpha value is -1.71. The van der Waals surface area contributed by atoms with Gasteiger partial charge in [0, 0.05) is 20.1 Å². The smallest absolute Gasteiger partial charge is 0.241 e. The van der Waals surface area contributed by atoms with E-state index in [9.17, 15) is 4.79 Å². The van der Waals surface area contributed by atoms with E-state index < -0.39 is 0 Å². The van der Waals surface area contributed by atoms with Crippen molar-refractivity contribution < 1.29 is 9.53 Å². The molecule has 0 radical (unpaired) electrons. The van der Waals surface area contributed by atoms with Crippen molar-refractivity contribution >= 4 is 11.6 Å². The summed E-state index contributed by atoms with van der Waals surface area (Å²) in [5.74, 6) is 1.02. The van der Waals surface area contributed by atoms with Gasteiger partial charge < -0.3 is 14.5 Å². The van der Waals surface area contributed by atoms with E-state index in [-0.39, 0.29) is 5.91 Å². The molecule has 0 N–H and O–H groups in total. The van der Waals surface area contributed by atoms with Crippen LogP contribution in [-0.2, 0) is 4.79 Å². The van der Waals surface area contributed by atoms with Gasteiger partial charge in [0.05, 0.1) is 18.8 Å². The van der Waals surface area contributed by atoms with Crippen LogP contribution in [0.2, 0.25) is 0 Å². The molecule has 1 aromatic rings. The molecule has 1 saturated heterocycles. The fourth-order valence-corrected chi connectivity index (χ4v) is 2.19. The van der Waals surface area contributed by atoms with E-state index in [4.69, 9.17) is 4.74 Å². The topological polar surface area (TPSA) is 32.8 Å². The summed E-state index contributed by atoms with van der Waals surface area (Å²) >= 11 is 0. The van der Waals surface area contributed by atoms with Crippen LogP contribution in [0.3, 0.4) is 0 Å². The van der Waals surface area contributed by atoms with Crippen molar-refractivity contribution in [3.05, 3.63) is 24.3 Å². The van der Waals surface area contributed by atoms with Crippen LogP contribution in [0.4, 0.5) is 5.69 Å². The van der Waals surface area contributed by atoms with Crippen LogP contribution < -0.4 is 9.64 Å². The first-order chi connectivity index (χ1) is 8.72. The lowest BCUT2D eigenvalue weighted by Crippen LogP contribution is -2.34. The van der Waals surface area contributed by atoms with Gasteiger partial charge in [0.2, 0.25) is 5.91 Å². The minimum Gasteiger partial charge on any atom is -0.492 e. The highest BCUT2D eigenvalue weighted by Crippen LogP contribution is 2.28. The number of anilines is 1. The van der Waals surface area contributed by atoms with Gasteiger partial charge in [-0.1, -0.05) is 12.1 Å². The van der Waals surface area contributed by atoms with Gasteiger partial charge in [-0.3, -0.25) is 4.79 Å². The summed E-state index contributed by atoms with van der Waals surface area (Å²) in [5.41, 5.74) is 1.02. The Morgan fingerprint density at radius 2 is 2.06 bits per heavy atom. The third-order valence-corrected chi connectivity index (χ3v) is 3.18. The molecule has 0 bridgehead atoms. The lowest BCUT2D eigenvalue weighted by atomic mass is 10.2. The van der Waals surface area contributed by atoms with E-state index in [1.165, 1.54) is 0 Å². The van der Waals surface area contributed by atoms with Crippen molar-refractivity contribution in [1.82, 2.24) is 4.90 Å². The molecule has 0 aliphatic carbocycles. The number of carbonyl (C=O) groups is 1. The molecule has 1 fully saturated rings. The molecule has 98 valence electrons.